The Morgan fingerprint density at radius 1 is 1.00 bits per heavy atom. The largest absolute Gasteiger partial charge is 0.345 e. The van der Waals surface area contributed by atoms with Crippen molar-refractivity contribution in [2.45, 2.75) is 6.92 Å². The molecule has 0 saturated heterocycles. The Labute approximate surface area is 151 Å². The molecule has 0 radical (unpaired) electrons. The van der Waals surface area contributed by atoms with Crippen molar-refractivity contribution in [1.29, 1.82) is 15.8 Å². The van der Waals surface area contributed by atoms with Crippen LogP contribution < -0.4 is 10.2 Å². The molecule has 0 fully saturated rings. The third-order valence-electron chi connectivity index (χ3n) is 3.59. The number of benzene rings is 2. The number of hydrogen-bond acceptors (Lipinski definition) is 5. The van der Waals surface area contributed by atoms with Gasteiger partial charge in [0.15, 0.2) is 5.57 Å². The number of carbonyl (C=O) groups is 1. The van der Waals surface area contributed by atoms with Crippen molar-refractivity contribution in [3.63, 3.8) is 0 Å². The SMILES string of the molecule is CCN(C(=O)c1cccc(NC(C#N)=C(C#N)C#N)c1)c1ccccc1. The van der Waals surface area contributed by atoms with E-state index in [9.17, 15) is 4.79 Å². The Hall–Kier alpha value is -4.08. The molecule has 0 aliphatic heterocycles. The molecule has 1 N–H and O–H groups in total. The van der Waals surface area contributed by atoms with E-state index in [1.807, 2.05) is 37.3 Å². The summed E-state index contributed by atoms with van der Waals surface area (Å²) in [5, 5.41) is 29.6. The van der Waals surface area contributed by atoms with Gasteiger partial charge in [-0.25, -0.2) is 0 Å². The van der Waals surface area contributed by atoms with Gasteiger partial charge in [-0.3, -0.25) is 4.79 Å². The fraction of sp³-hybridized carbons (Fsp3) is 0.100. The van der Waals surface area contributed by atoms with E-state index >= 15 is 0 Å². The number of amides is 1. The van der Waals surface area contributed by atoms with Gasteiger partial charge in [-0.15, -0.1) is 0 Å². The average Bonchev–Trinajstić information content (AvgIpc) is 2.69. The third kappa shape index (κ3) is 4.06. The van der Waals surface area contributed by atoms with E-state index in [0.717, 1.165) is 5.69 Å². The van der Waals surface area contributed by atoms with Crippen molar-refractivity contribution in [2.24, 2.45) is 0 Å². The van der Waals surface area contributed by atoms with Crippen LogP contribution in [0.25, 0.3) is 0 Å². The molecule has 2 rings (SSSR count). The Morgan fingerprint density at radius 2 is 1.69 bits per heavy atom. The normalized spacial score (nSPS) is 9.15. The number of allylic oxidation sites excluding steroid dienone is 2. The maximum Gasteiger partial charge on any atom is 0.258 e. The molecule has 26 heavy (non-hydrogen) atoms. The highest BCUT2D eigenvalue weighted by atomic mass is 16.2. The van der Waals surface area contributed by atoms with Crippen LogP contribution in [0.2, 0.25) is 0 Å². The van der Waals surface area contributed by atoms with Gasteiger partial charge in [0.05, 0.1) is 0 Å². The second-order valence-electron chi connectivity index (χ2n) is 5.18. The predicted octanol–water partition coefficient (Wildman–Crippen LogP) is 3.59. The summed E-state index contributed by atoms with van der Waals surface area (Å²) in [5.74, 6) is -0.189. The quantitative estimate of drug-likeness (QED) is 0.837. The maximum atomic E-state index is 12.8. The highest BCUT2D eigenvalue weighted by Crippen LogP contribution is 2.20. The first kappa shape index (κ1) is 18.3. The summed E-state index contributed by atoms with van der Waals surface area (Å²) in [6, 6.07) is 21.0. The van der Waals surface area contributed by atoms with E-state index in [1.165, 1.54) is 0 Å². The molecule has 6 heteroatoms. The monoisotopic (exact) mass is 341 g/mol. The highest BCUT2D eigenvalue weighted by molar-refractivity contribution is 6.06. The predicted molar refractivity (Wildman–Crippen MR) is 97.7 cm³/mol. The van der Waals surface area contributed by atoms with Gasteiger partial charge in [0.25, 0.3) is 5.91 Å². The van der Waals surface area contributed by atoms with Crippen LogP contribution in [-0.4, -0.2) is 12.5 Å². The highest BCUT2D eigenvalue weighted by Gasteiger charge is 2.16. The molecule has 2 aromatic carbocycles. The molecule has 2 aromatic rings. The van der Waals surface area contributed by atoms with E-state index in [2.05, 4.69) is 5.32 Å². The van der Waals surface area contributed by atoms with Gasteiger partial charge >= 0.3 is 0 Å². The molecule has 1 amide bonds. The topological polar surface area (TPSA) is 104 Å². The van der Waals surface area contributed by atoms with Crippen molar-refractivity contribution in [2.75, 3.05) is 16.8 Å². The van der Waals surface area contributed by atoms with E-state index in [0.29, 0.717) is 17.8 Å². The van der Waals surface area contributed by atoms with Crippen molar-refractivity contribution in [3.8, 4) is 18.2 Å². The minimum atomic E-state index is -0.316. The zero-order valence-corrected chi connectivity index (χ0v) is 14.1. The molecular formula is C20H15N5O. The molecule has 0 atom stereocenters. The summed E-state index contributed by atoms with van der Waals surface area (Å²) in [6.07, 6.45) is 0. The summed E-state index contributed by atoms with van der Waals surface area (Å²) in [6.45, 7) is 2.38. The zero-order chi connectivity index (χ0) is 18.9. The standard InChI is InChI=1S/C20H15N5O/c1-2-25(18-9-4-3-5-10-18)20(26)15-7-6-8-17(11-15)24-19(14-23)16(12-21)13-22/h3-11,24H,2H2,1H3. The number of anilines is 2. The first-order valence-electron chi connectivity index (χ1n) is 7.83. The van der Waals surface area contributed by atoms with Gasteiger partial charge in [-0.05, 0) is 37.3 Å². The van der Waals surface area contributed by atoms with Crippen LogP contribution in [0.15, 0.2) is 65.9 Å². The second-order valence-corrected chi connectivity index (χ2v) is 5.18. The average molecular weight is 341 g/mol. The summed E-state index contributed by atoms with van der Waals surface area (Å²) in [5.41, 5.74) is 1.18. The van der Waals surface area contributed by atoms with Gasteiger partial charge < -0.3 is 10.2 Å². The minimum Gasteiger partial charge on any atom is -0.345 e. The number of rotatable bonds is 5. The van der Waals surface area contributed by atoms with E-state index in [1.54, 1.807) is 47.4 Å². The number of para-hydroxylation sites is 1. The summed E-state index contributed by atoms with van der Waals surface area (Å²) < 4.78 is 0. The van der Waals surface area contributed by atoms with Crippen LogP contribution in [0.5, 0.6) is 0 Å². The first-order valence-corrected chi connectivity index (χ1v) is 7.83. The van der Waals surface area contributed by atoms with Crippen molar-refractivity contribution < 1.29 is 4.79 Å². The van der Waals surface area contributed by atoms with Gasteiger partial charge in [0.2, 0.25) is 0 Å². The molecule has 0 aromatic heterocycles. The van der Waals surface area contributed by atoms with Gasteiger partial charge in [0.1, 0.15) is 23.9 Å². The van der Waals surface area contributed by atoms with E-state index in [4.69, 9.17) is 15.8 Å². The van der Waals surface area contributed by atoms with Crippen molar-refractivity contribution in [1.82, 2.24) is 0 Å². The number of nitriles is 3. The number of nitrogens with zero attached hydrogens (tertiary/aromatic N) is 4. The Morgan fingerprint density at radius 3 is 2.27 bits per heavy atom. The van der Waals surface area contributed by atoms with Crippen molar-refractivity contribution in [3.05, 3.63) is 71.4 Å². The van der Waals surface area contributed by atoms with Gasteiger partial charge in [-0.1, -0.05) is 24.3 Å². The molecule has 0 saturated carbocycles. The molecule has 0 bridgehead atoms. The zero-order valence-electron chi connectivity index (χ0n) is 14.1. The van der Waals surface area contributed by atoms with Crippen LogP contribution in [0, 0.1) is 34.0 Å². The smallest absolute Gasteiger partial charge is 0.258 e. The Balaban J connectivity index is 2.33. The molecule has 0 aliphatic rings. The summed E-state index contributed by atoms with van der Waals surface area (Å²) >= 11 is 0. The molecule has 0 aliphatic carbocycles. The maximum absolute atomic E-state index is 12.8. The summed E-state index contributed by atoms with van der Waals surface area (Å²) in [4.78, 5) is 14.5. The van der Waals surface area contributed by atoms with Gasteiger partial charge in [-0.2, -0.15) is 15.8 Å². The lowest BCUT2D eigenvalue weighted by molar-refractivity contribution is 0.0988. The van der Waals surface area contributed by atoms with Crippen molar-refractivity contribution >= 4 is 17.3 Å². The Kier molecular flexibility index (Phi) is 6.10. The lowest BCUT2D eigenvalue weighted by Gasteiger charge is -2.21. The van der Waals surface area contributed by atoms with E-state index < -0.39 is 0 Å². The number of nitrogens with one attached hydrogen (secondary N) is 1. The fourth-order valence-corrected chi connectivity index (χ4v) is 2.36. The lowest BCUT2D eigenvalue weighted by atomic mass is 10.1. The van der Waals surface area contributed by atoms with Crippen LogP contribution in [0.1, 0.15) is 17.3 Å². The number of carbonyl (C=O) groups excluding carboxylic acids is 1. The molecule has 0 spiro atoms. The molecular weight excluding hydrogens is 326 g/mol. The third-order valence-corrected chi connectivity index (χ3v) is 3.59. The van der Waals surface area contributed by atoms with Crippen LogP contribution in [-0.2, 0) is 0 Å². The molecule has 126 valence electrons. The minimum absolute atomic E-state index is 0.157. The van der Waals surface area contributed by atoms with Crippen LogP contribution in [0.4, 0.5) is 11.4 Å². The van der Waals surface area contributed by atoms with Gasteiger partial charge in [0, 0.05) is 23.5 Å². The fourth-order valence-electron chi connectivity index (χ4n) is 2.36. The summed E-state index contributed by atoms with van der Waals surface area (Å²) in [7, 11) is 0. The molecule has 0 unspecified atom stereocenters. The second kappa shape index (κ2) is 8.68. The van der Waals surface area contributed by atoms with Crippen LogP contribution in [0.3, 0.4) is 0 Å². The molecule has 0 heterocycles. The first-order chi connectivity index (χ1) is 12.6. The Bertz CT molecular complexity index is 942. The number of hydrogen-bond donors (Lipinski definition) is 1. The van der Waals surface area contributed by atoms with E-state index in [-0.39, 0.29) is 17.2 Å². The molecule has 6 nitrogen and oxygen atoms in total. The lowest BCUT2D eigenvalue weighted by Crippen LogP contribution is -2.30. The van der Waals surface area contributed by atoms with Crippen LogP contribution >= 0.6 is 0 Å².